The molecule has 3 nitrogen and oxygen atoms in total. The summed E-state index contributed by atoms with van der Waals surface area (Å²) < 4.78 is 2.95. The quantitative estimate of drug-likeness (QED) is 0.851. The molecule has 1 heterocycles. The maximum atomic E-state index is 10.5. The average molecular weight is 320 g/mol. The van der Waals surface area contributed by atoms with Crippen LogP contribution in [0.4, 0.5) is 0 Å². The lowest BCUT2D eigenvalue weighted by Crippen LogP contribution is -2.36. The van der Waals surface area contributed by atoms with Crippen molar-refractivity contribution >= 4 is 22.6 Å². The summed E-state index contributed by atoms with van der Waals surface area (Å²) in [5, 5.41) is 15.0. The topological polar surface area (TPSA) is 38.0 Å². The number of nitrogens with zero attached hydrogens (tertiary/aromatic N) is 2. The molecule has 1 aliphatic carbocycles. The lowest BCUT2D eigenvalue weighted by molar-refractivity contribution is -0.0798. The molecule has 2 rings (SSSR count). The number of hydrogen-bond acceptors (Lipinski definition) is 2. The van der Waals surface area contributed by atoms with Crippen molar-refractivity contribution in [1.29, 1.82) is 0 Å². The summed E-state index contributed by atoms with van der Waals surface area (Å²) in [6.45, 7) is 2.10. The standard InChI is InChI=1S/C11H17IN2O/c1-2-10-9(12)8-14(13-10)11(15)6-4-3-5-7-11/h8,15H,2-7H2,1H3. The minimum absolute atomic E-state index is 0.717. The normalized spacial score (nSPS) is 20.5. The first kappa shape index (κ1) is 11.4. The van der Waals surface area contributed by atoms with E-state index in [9.17, 15) is 5.11 Å². The molecule has 84 valence electrons. The van der Waals surface area contributed by atoms with Gasteiger partial charge in [-0.15, -0.1) is 0 Å². The zero-order chi connectivity index (χ0) is 10.9. The maximum absolute atomic E-state index is 10.5. The summed E-state index contributed by atoms with van der Waals surface area (Å²) in [6, 6.07) is 0. The summed E-state index contributed by atoms with van der Waals surface area (Å²) in [5.41, 5.74) is 0.376. The number of aryl methyl sites for hydroxylation is 1. The van der Waals surface area contributed by atoms with Crippen LogP contribution in [0, 0.1) is 3.57 Å². The Hall–Kier alpha value is -0.100. The summed E-state index contributed by atoms with van der Waals surface area (Å²) in [5.74, 6) is 0. The molecule has 0 atom stereocenters. The van der Waals surface area contributed by atoms with Crippen LogP contribution in [0.3, 0.4) is 0 Å². The molecule has 1 N–H and O–H groups in total. The lowest BCUT2D eigenvalue weighted by Gasteiger charge is -2.32. The molecule has 15 heavy (non-hydrogen) atoms. The highest BCUT2D eigenvalue weighted by Gasteiger charge is 2.32. The molecule has 0 aromatic carbocycles. The van der Waals surface area contributed by atoms with E-state index in [1.54, 1.807) is 4.68 Å². The third kappa shape index (κ3) is 2.20. The number of aliphatic hydroxyl groups is 1. The summed E-state index contributed by atoms with van der Waals surface area (Å²) >= 11 is 2.29. The van der Waals surface area contributed by atoms with Gasteiger partial charge >= 0.3 is 0 Å². The number of aromatic nitrogens is 2. The van der Waals surface area contributed by atoms with Crippen molar-refractivity contribution < 1.29 is 5.11 Å². The van der Waals surface area contributed by atoms with Crippen molar-refractivity contribution in [2.24, 2.45) is 0 Å². The minimum atomic E-state index is -0.717. The van der Waals surface area contributed by atoms with Crippen LogP contribution >= 0.6 is 22.6 Å². The van der Waals surface area contributed by atoms with Gasteiger partial charge in [-0.1, -0.05) is 13.3 Å². The van der Waals surface area contributed by atoms with Gasteiger partial charge in [0.25, 0.3) is 0 Å². The van der Waals surface area contributed by atoms with Crippen molar-refractivity contribution in [2.75, 3.05) is 0 Å². The van der Waals surface area contributed by atoms with Crippen LogP contribution in [0.15, 0.2) is 6.20 Å². The van der Waals surface area contributed by atoms with Gasteiger partial charge in [0.05, 0.1) is 9.26 Å². The second-order valence-corrected chi connectivity index (χ2v) is 5.43. The van der Waals surface area contributed by atoms with Gasteiger partial charge in [-0.25, -0.2) is 4.68 Å². The Bertz CT molecular complexity index is 342. The van der Waals surface area contributed by atoms with Crippen molar-refractivity contribution in [1.82, 2.24) is 9.78 Å². The van der Waals surface area contributed by atoms with E-state index in [0.717, 1.165) is 41.4 Å². The van der Waals surface area contributed by atoms with E-state index in [-0.39, 0.29) is 0 Å². The smallest absolute Gasteiger partial charge is 0.157 e. The third-order valence-corrected chi connectivity index (χ3v) is 4.06. The second kappa shape index (κ2) is 4.41. The van der Waals surface area contributed by atoms with Crippen molar-refractivity contribution in [3.05, 3.63) is 15.5 Å². The van der Waals surface area contributed by atoms with E-state index < -0.39 is 5.72 Å². The Morgan fingerprint density at radius 1 is 1.47 bits per heavy atom. The first-order valence-corrected chi connectivity index (χ1v) is 6.70. The van der Waals surface area contributed by atoms with E-state index in [1.165, 1.54) is 6.42 Å². The highest BCUT2D eigenvalue weighted by molar-refractivity contribution is 14.1. The van der Waals surface area contributed by atoms with Crippen LogP contribution in [0.2, 0.25) is 0 Å². The molecule has 0 spiro atoms. The highest BCUT2D eigenvalue weighted by Crippen LogP contribution is 2.32. The molecule has 1 saturated carbocycles. The molecule has 1 aromatic rings. The van der Waals surface area contributed by atoms with E-state index in [1.807, 2.05) is 6.20 Å². The van der Waals surface area contributed by atoms with Crippen molar-refractivity contribution in [3.63, 3.8) is 0 Å². The maximum Gasteiger partial charge on any atom is 0.157 e. The first-order chi connectivity index (χ1) is 7.15. The van der Waals surface area contributed by atoms with Gasteiger partial charge in [0.15, 0.2) is 5.72 Å². The minimum Gasteiger partial charge on any atom is -0.369 e. The largest absolute Gasteiger partial charge is 0.369 e. The SMILES string of the molecule is CCc1nn(C2(O)CCCCC2)cc1I. The molecule has 0 radical (unpaired) electrons. The summed E-state index contributed by atoms with van der Waals surface area (Å²) in [7, 11) is 0. The number of hydrogen-bond donors (Lipinski definition) is 1. The average Bonchev–Trinajstić information content (AvgIpc) is 2.61. The van der Waals surface area contributed by atoms with E-state index in [0.29, 0.717) is 0 Å². The van der Waals surface area contributed by atoms with Crippen LogP contribution in [0.1, 0.15) is 44.7 Å². The number of rotatable bonds is 2. The van der Waals surface area contributed by atoms with Crippen LogP contribution in [-0.2, 0) is 12.1 Å². The van der Waals surface area contributed by atoms with E-state index >= 15 is 0 Å². The Kier molecular flexibility index (Phi) is 3.35. The molecule has 0 unspecified atom stereocenters. The lowest BCUT2D eigenvalue weighted by atomic mass is 9.92. The van der Waals surface area contributed by atoms with Crippen LogP contribution in [0.5, 0.6) is 0 Å². The molecular formula is C11H17IN2O. The molecular weight excluding hydrogens is 303 g/mol. The summed E-state index contributed by atoms with van der Waals surface area (Å²) in [6.07, 6.45) is 8.04. The van der Waals surface area contributed by atoms with Crippen molar-refractivity contribution in [3.8, 4) is 0 Å². The summed E-state index contributed by atoms with van der Waals surface area (Å²) in [4.78, 5) is 0. The second-order valence-electron chi connectivity index (χ2n) is 4.26. The highest BCUT2D eigenvalue weighted by atomic mass is 127. The fourth-order valence-corrected chi connectivity index (χ4v) is 2.94. The zero-order valence-corrected chi connectivity index (χ0v) is 11.2. The van der Waals surface area contributed by atoms with E-state index in [2.05, 4.69) is 34.6 Å². The predicted molar refractivity (Wildman–Crippen MR) is 67.6 cm³/mol. The molecule has 0 bridgehead atoms. The van der Waals surface area contributed by atoms with Gasteiger partial charge in [0, 0.05) is 6.20 Å². The zero-order valence-electron chi connectivity index (χ0n) is 9.04. The van der Waals surface area contributed by atoms with E-state index in [4.69, 9.17) is 0 Å². The monoisotopic (exact) mass is 320 g/mol. The van der Waals surface area contributed by atoms with Crippen LogP contribution in [-0.4, -0.2) is 14.9 Å². The number of halogens is 1. The van der Waals surface area contributed by atoms with Gasteiger partial charge in [0.1, 0.15) is 0 Å². The van der Waals surface area contributed by atoms with Gasteiger partial charge in [-0.2, -0.15) is 5.10 Å². The first-order valence-electron chi connectivity index (χ1n) is 5.62. The molecule has 0 saturated heterocycles. The van der Waals surface area contributed by atoms with Gasteiger partial charge < -0.3 is 5.11 Å². The van der Waals surface area contributed by atoms with Crippen molar-refractivity contribution in [2.45, 2.75) is 51.2 Å². The molecule has 0 amide bonds. The molecule has 4 heteroatoms. The van der Waals surface area contributed by atoms with Crippen LogP contribution in [0.25, 0.3) is 0 Å². The Labute approximate surface area is 104 Å². The van der Waals surface area contributed by atoms with Crippen LogP contribution < -0.4 is 0 Å². The Balaban J connectivity index is 2.27. The van der Waals surface area contributed by atoms with Gasteiger partial charge in [-0.3, -0.25) is 0 Å². The Morgan fingerprint density at radius 3 is 2.67 bits per heavy atom. The van der Waals surface area contributed by atoms with Gasteiger partial charge in [-0.05, 0) is 54.7 Å². The fourth-order valence-electron chi connectivity index (χ4n) is 2.19. The molecule has 1 aromatic heterocycles. The molecule has 0 aliphatic heterocycles. The molecule has 1 fully saturated rings. The van der Waals surface area contributed by atoms with Gasteiger partial charge in [0.2, 0.25) is 0 Å². The third-order valence-electron chi connectivity index (χ3n) is 3.16. The Morgan fingerprint density at radius 2 is 2.13 bits per heavy atom. The fraction of sp³-hybridized carbons (Fsp3) is 0.727. The molecule has 1 aliphatic rings. The predicted octanol–water partition coefficient (Wildman–Crippen LogP) is 2.66.